The molecule has 2 aromatic heterocycles. The number of halogens is 1. The number of nitrogens with one attached hydrogen (secondary N) is 1. The van der Waals surface area contributed by atoms with E-state index in [2.05, 4.69) is 14.7 Å². The monoisotopic (exact) mass is 529 g/mol. The number of aryl methyl sites for hydroxylation is 1. The van der Waals surface area contributed by atoms with Gasteiger partial charge in [-0.1, -0.05) is 17.7 Å². The minimum atomic E-state index is -0.607. The van der Waals surface area contributed by atoms with Gasteiger partial charge in [-0.2, -0.15) is 4.37 Å². The van der Waals surface area contributed by atoms with Crippen LogP contribution in [0.25, 0.3) is 10.4 Å². The van der Waals surface area contributed by atoms with Gasteiger partial charge >= 0.3 is 12.1 Å². The molecular formula is C26H28ClN3O5S. The highest BCUT2D eigenvalue weighted by molar-refractivity contribution is 7.10. The van der Waals surface area contributed by atoms with E-state index in [4.69, 9.17) is 25.8 Å². The van der Waals surface area contributed by atoms with Crippen LogP contribution in [0.1, 0.15) is 50.0 Å². The molecule has 36 heavy (non-hydrogen) atoms. The second-order valence-electron chi connectivity index (χ2n) is 8.68. The van der Waals surface area contributed by atoms with Gasteiger partial charge in [-0.3, -0.25) is 10.1 Å². The van der Waals surface area contributed by atoms with Crippen molar-refractivity contribution in [3.05, 3.63) is 59.0 Å². The lowest BCUT2D eigenvalue weighted by Crippen LogP contribution is -2.30. The Balaban J connectivity index is 1.41. The number of aromatic nitrogens is 2. The summed E-state index contributed by atoms with van der Waals surface area (Å²) >= 11 is 7.41. The van der Waals surface area contributed by atoms with Crippen LogP contribution in [0, 0.1) is 12.8 Å². The van der Waals surface area contributed by atoms with E-state index in [9.17, 15) is 9.59 Å². The third-order valence-corrected chi connectivity index (χ3v) is 7.48. The molecule has 1 amide bonds. The van der Waals surface area contributed by atoms with Crippen LogP contribution in [0.15, 0.2) is 42.6 Å². The number of ether oxygens (including phenoxy) is 3. The van der Waals surface area contributed by atoms with Crippen molar-refractivity contribution in [3.8, 4) is 16.2 Å². The van der Waals surface area contributed by atoms with Crippen molar-refractivity contribution in [1.82, 2.24) is 9.36 Å². The number of amides is 1. The van der Waals surface area contributed by atoms with E-state index >= 15 is 0 Å². The maximum absolute atomic E-state index is 12.6. The van der Waals surface area contributed by atoms with Gasteiger partial charge in [0.1, 0.15) is 17.0 Å². The van der Waals surface area contributed by atoms with Crippen molar-refractivity contribution in [2.45, 2.75) is 51.7 Å². The van der Waals surface area contributed by atoms with Crippen LogP contribution >= 0.6 is 23.1 Å². The first-order valence-electron chi connectivity index (χ1n) is 11.7. The summed E-state index contributed by atoms with van der Waals surface area (Å²) in [6, 6.07) is 11.1. The van der Waals surface area contributed by atoms with E-state index in [0.29, 0.717) is 28.5 Å². The zero-order valence-electron chi connectivity index (χ0n) is 20.3. The Hall–Kier alpha value is -3.17. The fourth-order valence-corrected chi connectivity index (χ4v) is 5.41. The van der Waals surface area contributed by atoms with Gasteiger partial charge in [0.25, 0.3) is 0 Å². The van der Waals surface area contributed by atoms with Gasteiger partial charge < -0.3 is 14.2 Å². The SMILES string of the molecule is COC(=O)[C@H]1CCC[C@H](Oc2ccc(-c3snc(C)c3NC(=O)O[C@H](C)c3cccnc3Cl)cc2)C1. The Morgan fingerprint density at radius 3 is 2.69 bits per heavy atom. The van der Waals surface area contributed by atoms with Crippen LogP contribution in [0.5, 0.6) is 5.75 Å². The molecule has 1 aliphatic carbocycles. The van der Waals surface area contributed by atoms with Gasteiger partial charge in [0.2, 0.25) is 0 Å². The molecule has 1 saturated carbocycles. The smallest absolute Gasteiger partial charge is 0.412 e. The zero-order valence-corrected chi connectivity index (χ0v) is 21.9. The van der Waals surface area contributed by atoms with Crippen molar-refractivity contribution in [1.29, 1.82) is 0 Å². The summed E-state index contributed by atoms with van der Waals surface area (Å²) in [6.45, 7) is 3.57. The quantitative estimate of drug-likeness (QED) is 0.272. The van der Waals surface area contributed by atoms with E-state index in [0.717, 1.165) is 35.5 Å². The summed E-state index contributed by atoms with van der Waals surface area (Å²) in [4.78, 5) is 29.4. The molecule has 1 N–H and O–H groups in total. The fourth-order valence-electron chi connectivity index (χ4n) is 4.28. The second kappa shape index (κ2) is 11.7. The van der Waals surface area contributed by atoms with E-state index in [-0.39, 0.29) is 18.0 Å². The van der Waals surface area contributed by atoms with Gasteiger partial charge in [-0.05, 0) is 87.0 Å². The highest BCUT2D eigenvalue weighted by Crippen LogP contribution is 2.37. The Labute approximate surface area is 219 Å². The predicted octanol–water partition coefficient (Wildman–Crippen LogP) is 6.59. The maximum atomic E-state index is 12.6. The molecule has 2 heterocycles. The van der Waals surface area contributed by atoms with Crippen molar-refractivity contribution in [2.75, 3.05) is 12.4 Å². The number of carbonyl (C=O) groups excluding carboxylic acids is 2. The number of esters is 1. The molecule has 0 bridgehead atoms. The Morgan fingerprint density at radius 2 is 1.97 bits per heavy atom. The van der Waals surface area contributed by atoms with E-state index < -0.39 is 12.2 Å². The topological polar surface area (TPSA) is 99.6 Å². The van der Waals surface area contributed by atoms with E-state index in [1.807, 2.05) is 31.2 Å². The minimum Gasteiger partial charge on any atom is -0.490 e. The van der Waals surface area contributed by atoms with Crippen LogP contribution < -0.4 is 10.1 Å². The van der Waals surface area contributed by atoms with Gasteiger partial charge in [-0.25, -0.2) is 9.78 Å². The first kappa shape index (κ1) is 25.9. The highest BCUT2D eigenvalue weighted by atomic mass is 35.5. The molecule has 4 rings (SSSR count). The number of benzene rings is 1. The van der Waals surface area contributed by atoms with Crippen molar-refractivity contribution in [3.63, 3.8) is 0 Å². The summed E-state index contributed by atoms with van der Waals surface area (Å²) < 4.78 is 21.0. The van der Waals surface area contributed by atoms with Crippen LogP contribution in [0.4, 0.5) is 10.5 Å². The van der Waals surface area contributed by atoms with Gasteiger partial charge in [0.15, 0.2) is 0 Å². The maximum Gasteiger partial charge on any atom is 0.412 e. The standard InChI is InChI=1S/C26H28ClN3O5S/c1-15-22(29-26(32)34-16(2)21-8-5-13-28-24(21)27)23(36-30-15)17-9-11-19(12-10-17)35-20-7-4-6-18(14-20)25(31)33-3/h5,8-13,16,18,20H,4,6-7,14H2,1-3H3,(H,29,32)/t16-,18+,20+/m1/s1. The summed E-state index contributed by atoms with van der Waals surface area (Å²) in [5.74, 6) is 0.445. The molecule has 3 atom stereocenters. The predicted molar refractivity (Wildman–Crippen MR) is 138 cm³/mol. The molecule has 8 nitrogen and oxygen atoms in total. The molecular weight excluding hydrogens is 502 g/mol. The third-order valence-electron chi connectivity index (χ3n) is 6.18. The average molecular weight is 530 g/mol. The number of hydrogen-bond donors (Lipinski definition) is 1. The van der Waals surface area contributed by atoms with E-state index in [1.165, 1.54) is 18.6 Å². The lowest BCUT2D eigenvalue weighted by Gasteiger charge is -2.28. The molecule has 0 aliphatic heterocycles. The van der Waals surface area contributed by atoms with Gasteiger partial charge in [-0.15, -0.1) is 0 Å². The molecule has 1 aromatic carbocycles. The first-order valence-corrected chi connectivity index (χ1v) is 12.9. The number of anilines is 1. The number of carbonyl (C=O) groups is 2. The lowest BCUT2D eigenvalue weighted by molar-refractivity contribution is -0.147. The van der Waals surface area contributed by atoms with Crippen LogP contribution in [-0.2, 0) is 14.3 Å². The molecule has 0 unspecified atom stereocenters. The third kappa shape index (κ3) is 6.14. The van der Waals surface area contributed by atoms with Crippen molar-refractivity contribution < 1.29 is 23.8 Å². The number of nitrogens with zero attached hydrogens (tertiary/aromatic N) is 2. The number of pyridine rings is 1. The Kier molecular flexibility index (Phi) is 8.43. The molecule has 0 radical (unpaired) electrons. The van der Waals surface area contributed by atoms with Gasteiger partial charge in [0.05, 0.1) is 35.4 Å². The first-order chi connectivity index (χ1) is 17.4. The summed E-state index contributed by atoms with van der Waals surface area (Å²) in [5, 5.41) is 3.12. The lowest BCUT2D eigenvalue weighted by atomic mass is 9.87. The number of methoxy groups -OCH3 is 1. The molecule has 0 spiro atoms. The summed E-state index contributed by atoms with van der Waals surface area (Å²) in [5.41, 5.74) is 2.80. The Bertz CT molecular complexity index is 1220. The molecule has 190 valence electrons. The summed E-state index contributed by atoms with van der Waals surface area (Å²) in [6.07, 6.45) is 3.70. The number of rotatable bonds is 7. The molecule has 1 aliphatic rings. The number of hydrogen-bond acceptors (Lipinski definition) is 8. The average Bonchev–Trinajstić information content (AvgIpc) is 3.24. The Morgan fingerprint density at radius 1 is 1.19 bits per heavy atom. The largest absolute Gasteiger partial charge is 0.490 e. The fraction of sp³-hybridized carbons (Fsp3) is 0.385. The van der Waals surface area contributed by atoms with Crippen LogP contribution in [-0.4, -0.2) is 34.6 Å². The van der Waals surface area contributed by atoms with Crippen molar-refractivity contribution >= 4 is 40.9 Å². The molecule has 0 saturated heterocycles. The minimum absolute atomic E-state index is 0.0262. The van der Waals surface area contributed by atoms with Crippen molar-refractivity contribution in [2.24, 2.45) is 5.92 Å². The van der Waals surface area contributed by atoms with Crippen LogP contribution in [0.2, 0.25) is 5.15 Å². The van der Waals surface area contributed by atoms with E-state index in [1.54, 1.807) is 25.3 Å². The second-order valence-corrected chi connectivity index (χ2v) is 9.81. The zero-order chi connectivity index (χ0) is 25.7. The normalized spacial score (nSPS) is 18.2. The molecule has 3 aromatic rings. The van der Waals surface area contributed by atoms with Gasteiger partial charge in [0, 0.05) is 11.8 Å². The highest BCUT2D eigenvalue weighted by Gasteiger charge is 2.29. The molecule has 10 heteroatoms. The van der Waals surface area contributed by atoms with Crippen LogP contribution in [0.3, 0.4) is 0 Å². The summed E-state index contributed by atoms with van der Waals surface area (Å²) in [7, 11) is 1.42. The molecule has 1 fully saturated rings.